The van der Waals surface area contributed by atoms with Crippen molar-refractivity contribution in [3.05, 3.63) is 0 Å². The largest absolute Gasteiger partial charge is 0.368 e. The summed E-state index contributed by atoms with van der Waals surface area (Å²) in [5.41, 5.74) is 10.1. The zero-order chi connectivity index (χ0) is 11.6. The molecule has 0 aromatic carbocycles. The van der Waals surface area contributed by atoms with E-state index in [-0.39, 0.29) is 5.91 Å². The molecule has 5 nitrogen and oxygen atoms in total. The Bertz CT molecular complexity index is 276. The van der Waals surface area contributed by atoms with Gasteiger partial charge in [0.25, 0.3) is 0 Å². The van der Waals surface area contributed by atoms with Crippen molar-refractivity contribution in [2.45, 2.75) is 32.7 Å². The molecule has 1 unspecified atom stereocenters. The van der Waals surface area contributed by atoms with Crippen LogP contribution < -0.4 is 11.5 Å². The lowest BCUT2D eigenvalue weighted by molar-refractivity contribution is -0.153. The molecule has 1 fully saturated rings. The summed E-state index contributed by atoms with van der Waals surface area (Å²) in [6, 6.07) is -0.408. The Morgan fingerprint density at radius 2 is 2.07 bits per heavy atom. The maximum atomic E-state index is 12.0. The van der Waals surface area contributed by atoms with Crippen LogP contribution in [0.3, 0.4) is 0 Å². The summed E-state index contributed by atoms with van der Waals surface area (Å²) < 4.78 is 0. The Morgan fingerprint density at radius 3 is 2.40 bits per heavy atom. The first kappa shape index (κ1) is 12.0. The summed E-state index contributed by atoms with van der Waals surface area (Å²) in [4.78, 5) is 24.6. The molecule has 1 aliphatic rings. The molecule has 0 aliphatic carbocycles. The molecule has 15 heavy (non-hydrogen) atoms. The number of rotatable bonds is 4. The first-order chi connectivity index (χ1) is 6.90. The Kier molecular flexibility index (Phi) is 3.34. The van der Waals surface area contributed by atoms with E-state index in [0.29, 0.717) is 25.9 Å². The minimum atomic E-state index is -0.497. The number of hydrogen-bond acceptors (Lipinski definition) is 3. The lowest BCUT2D eigenvalue weighted by Crippen LogP contribution is -2.60. The topological polar surface area (TPSA) is 89.4 Å². The first-order valence-electron chi connectivity index (χ1n) is 5.20. The maximum absolute atomic E-state index is 12.0. The van der Waals surface area contributed by atoms with Crippen molar-refractivity contribution >= 4 is 11.8 Å². The molecule has 1 aliphatic heterocycles. The summed E-state index contributed by atoms with van der Waals surface area (Å²) in [6.45, 7) is 4.78. The normalized spacial score (nSPS) is 21.0. The van der Waals surface area contributed by atoms with Crippen LogP contribution in [0.4, 0.5) is 0 Å². The van der Waals surface area contributed by atoms with Crippen molar-refractivity contribution in [1.82, 2.24) is 4.90 Å². The Labute approximate surface area is 89.8 Å². The first-order valence-corrected chi connectivity index (χ1v) is 5.20. The van der Waals surface area contributed by atoms with Gasteiger partial charge in [0, 0.05) is 12.0 Å². The average Bonchev–Trinajstić information content (AvgIpc) is 2.00. The van der Waals surface area contributed by atoms with E-state index in [4.69, 9.17) is 11.5 Å². The van der Waals surface area contributed by atoms with Crippen molar-refractivity contribution in [2.24, 2.45) is 16.9 Å². The van der Waals surface area contributed by atoms with Crippen LogP contribution in [0.5, 0.6) is 0 Å². The van der Waals surface area contributed by atoms with Gasteiger partial charge >= 0.3 is 0 Å². The molecule has 1 heterocycles. The van der Waals surface area contributed by atoms with Crippen molar-refractivity contribution in [3.63, 3.8) is 0 Å². The Hall–Kier alpha value is -1.10. The second-order valence-electron chi connectivity index (χ2n) is 4.63. The summed E-state index contributed by atoms with van der Waals surface area (Å²) in [5.74, 6) is -0.443. The van der Waals surface area contributed by atoms with Gasteiger partial charge in [-0.1, -0.05) is 13.8 Å². The van der Waals surface area contributed by atoms with Gasteiger partial charge in [-0.05, 0) is 19.4 Å². The SMILES string of the molecule is CC(C)(CCN)C(=O)N1CCC1C(N)=O. The van der Waals surface area contributed by atoms with Gasteiger partial charge in [0.1, 0.15) is 6.04 Å². The average molecular weight is 213 g/mol. The van der Waals surface area contributed by atoms with Crippen LogP contribution in [0.15, 0.2) is 0 Å². The molecule has 86 valence electrons. The molecule has 0 bridgehead atoms. The standard InChI is InChI=1S/C10H19N3O2/c1-10(2,4-5-11)9(15)13-6-3-7(13)8(12)14/h7H,3-6,11H2,1-2H3,(H2,12,14). The molecule has 0 spiro atoms. The molecule has 1 rings (SSSR count). The van der Waals surface area contributed by atoms with E-state index >= 15 is 0 Å². The van der Waals surface area contributed by atoms with Crippen LogP contribution >= 0.6 is 0 Å². The second kappa shape index (κ2) is 4.18. The molecule has 0 aromatic heterocycles. The van der Waals surface area contributed by atoms with Crippen molar-refractivity contribution in [1.29, 1.82) is 0 Å². The lowest BCUT2D eigenvalue weighted by Gasteiger charge is -2.43. The number of hydrogen-bond donors (Lipinski definition) is 2. The van der Waals surface area contributed by atoms with E-state index in [9.17, 15) is 9.59 Å². The van der Waals surface area contributed by atoms with Gasteiger partial charge in [-0.15, -0.1) is 0 Å². The summed E-state index contributed by atoms with van der Waals surface area (Å²) in [5, 5.41) is 0. The molecule has 0 aromatic rings. The van der Waals surface area contributed by atoms with Crippen molar-refractivity contribution < 1.29 is 9.59 Å². The van der Waals surface area contributed by atoms with E-state index in [1.165, 1.54) is 0 Å². The highest BCUT2D eigenvalue weighted by Gasteiger charge is 2.41. The zero-order valence-electron chi connectivity index (χ0n) is 9.32. The molecular weight excluding hydrogens is 194 g/mol. The third kappa shape index (κ3) is 2.28. The molecular formula is C10H19N3O2. The Morgan fingerprint density at radius 1 is 1.47 bits per heavy atom. The smallest absolute Gasteiger partial charge is 0.240 e. The van der Waals surface area contributed by atoms with Gasteiger partial charge in [-0.3, -0.25) is 9.59 Å². The quantitative estimate of drug-likeness (QED) is 0.656. The summed E-state index contributed by atoms with van der Waals surface area (Å²) in [6.07, 6.45) is 1.30. The fourth-order valence-corrected chi connectivity index (χ4v) is 1.78. The summed E-state index contributed by atoms with van der Waals surface area (Å²) in [7, 11) is 0. The van der Waals surface area contributed by atoms with Crippen LogP contribution in [-0.4, -0.2) is 35.8 Å². The van der Waals surface area contributed by atoms with Gasteiger partial charge in [-0.2, -0.15) is 0 Å². The number of nitrogens with two attached hydrogens (primary N) is 2. The van der Waals surface area contributed by atoms with Gasteiger partial charge in [-0.25, -0.2) is 0 Å². The third-order valence-electron chi connectivity index (χ3n) is 2.96. The second-order valence-corrected chi connectivity index (χ2v) is 4.63. The summed E-state index contributed by atoms with van der Waals surface area (Å²) >= 11 is 0. The van der Waals surface area contributed by atoms with Gasteiger partial charge in [0.15, 0.2) is 0 Å². The van der Waals surface area contributed by atoms with Crippen molar-refractivity contribution in [2.75, 3.05) is 13.1 Å². The predicted octanol–water partition coefficient (Wildman–Crippen LogP) is -0.552. The lowest BCUT2D eigenvalue weighted by atomic mass is 9.85. The fourth-order valence-electron chi connectivity index (χ4n) is 1.78. The van der Waals surface area contributed by atoms with Gasteiger partial charge < -0.3 is 16.4 Å². The highest BCUT2D eigenvalue weighted by atomic mass is 16.2. The van der Waals surface area contributed by atoms with Gasteiger partial charge in [0.2, 0.25) is 11.8 Å². The third-order valence-corrected chi connectivity index (χ3v) is 2.96. The number of carbonyl (C=O) groups is 2. The molecule has 1 saturated heterocycles. The minimum absolute atomic E-state index is 0.0250. The monoisotopic (exact) mass is 213 g/mol. The fraction of sp³-hybridized carbons (Fsp3) is 0.800. The molecule has 4 N–H and O–H groups in total. The molecule has 2 amide bonds. The molecule has 0 saturated carbocycles. The van der Waals surface area contributed by atoms with Crippen LogP contribution in [0.2, 0.25) is 0 Å². The number of likely N-dealkylation sites (tertiary alicyclic amines) is 1. The van der Waals surface area contributed by atoms with Crippen LogP contribution in [0.25, 0.3) is 0 Å². The Balaban J connectivity index is 2.65. The van der Waals surface area contributed by atoms with Crippen LogP contribution in [0, 0.1) is 5.41 Å². The van der Waals surface area contributed by atoms with Crippen molar-refractivity contribution in [3.8, 4) is 0 Å². The van der Waals surface area contributed by atoms with E-state index in [1.807, 2.05) is 13.8 Å². The highest BCUT2D eigenvalue weighted by molar-refractivity contribution is 5.90. The zero-order valence-corrected chi connectivity index (χ0v) is 9.32. The number of carbonyl (C=O) groups excluding carboxylic acids is 2. The molecule has 0 radical (unpaired) electrons. The number of primary amides is 1. The highest BCUT2D eigenvalue weighted by Crippen LogP contribution is 2.28. The van der Waals surface area contributed by atoms with Crippen LogP contribution in [0.1, 0.15) is 26.7 Å². The van der Waals surface area contributed by atoms with E-state index in [1.54, 1.807) is 4.90 Å². The molecule has 1 atom stereocenters. The molecule has 5 heteroatoms. The van der Waals surface area contributed by atoms with Gasteiger partial charge in [0.05, 0.1) is 0 Å². The predicted molar refractivity (Wildman–Crippen MR) is 56.8 cm³/mol. The van der Waals surface area contributed by atoms with E-state index in [2.05, 4.69) is 0 Å². The van der Waals surface area contributed by atoms with E-state index in [0.717, 1.165) is 0 Å². The number of amides is 2. The maximum Gasteiger partial charge on any atom is 0.240 e. The van der Waals surface area contributed by atoms with Crippen LogP contribution in [-0.2, 0) is 9.59 Å². The number of nitrogens with zero attached hydrogens (tertiary/aromatic N) is 1. The minimum Gasteiger partial charge on any atom is -0.368 e. The van der Waals surface area contributed by atoms with E-state index < -0.39 is 17.4 Å².